The van der Waals surface area contributed by atoms with Crippen molar-refractivity contribution in [1.82, 2.24) is 0 Å². The lowest BCUT2D eigenvalue weighted by Gasteiger charge is -2.09. The van der Waals surface area contributed by atoms with Crippen molar-refractivity contribution < 1.29 is 4.74 Å². The molecule has 0 aromatic carbocycles. The van der Waals surface area contributed by atoms with Crippen molar-refractivity contribution in [3.63, 3.8) is 0 Å². The Labute approximate surface area is 77.3 Å². The van der Waals surface area contributed by atoms with Crippen LogP contribution in [0.25, 0.3) is 0 Å². The molecule has 1 heterocycles. The number of methoxy groups -OCH3 is 1. The van der Waals surface area contributed by atoms with Crippen molar-refractivity contribution in [3.05, 3.63) is 21.9 Å². The van der Waals surface area contributed by atoms with Gasteiger partial charge < -0.3 is 10.5 Å². The molecule has 1 aromatic rings. The first kappa shape index (κ1) is 9.71. The van der Waals surface area contributed by atoms with E-state index < -0.39 is 0 Å². The van der Waals surface area contributed by atoms with E-state index in [-0.39, 0.29) is 6.04 Å². The van der Waals surface area contributed by atoms with Gasteiger partial charge in [0, 0.05) is 24.6 Å². The number of ether oxygens (including phenoxy) is 1. The summed E-state index contributed by atoms with van der Waals surface area (Å²) in [6.07, 6.45) is 0.901. The van der Waals surface area contributed by atoms with Gasteiger partial charge in [0.2, 0.25) is 0 Å². The van der Waals surface area contributed by atoms with Gasteiger partial charge in [0.15, 0.2) is 0 Å². The maximum Gasteiger partial charge on any atom is 0.0480 e. The summed E-state index contributed by atoms with van der Waals surface area (Å²) in [4.78, 5) is 1.28. The highest BCUT2D eigenvalue weighted by Crippen LogP contribution is 2.23. The third-order valence-corrected chi connectivity index (χ3v) is 3.02. The lowest BCUT2D eigenvalue weighted by molar-refractivity contribution is 0.188. The standard InChI is InChI=1S/C9H15NOS/c1-7-4-6-12-9(7)8(10)3-5-11-2/h4,6,8H,3,5,10H2,1-2H3. The van der Waals surface area contributed by atoms with Crippen LogP contribution in [0.1, 0.15) is 22.9 Å². The molecular weight excluding hydrogens is 170 g/mol. The quantitative estimate of drug-likeness (QED) is 0.779. The fourth-order valence-corrected chi connectivity index (χ4v) is 2.11. The van der Waals surface area contributed by atoms with E-state index in [9.17, 15) is 0 Å². The average Bonchev–Trinajstić information content (AvgIpc) is 2.47. The zero-order chi connectivity index (χ0) is 8.97. The Morgan fingerprint density at radius 2 is 2.42 bits per heavy atom. The Balaban J connectivity index is 2.52. The van der Waals surface area contributed by atoms with E-state index in [4.69, 9.17) is 10.5 Å². The number of thiophene rings is 1. The molecule has 3 heteroatoms. The molecule has 68 valence electrons. The highest BCUT2D eigenvalue weighted by molar-refractivity contribution is 7.10. The molecule has 2 nitrogen and oxygen atoms in total. The average molecular weight is 185 g/mol. The van der Waals surface area contributed by atoms with Crippen molar-refractivity contribution in [2.45, 2.75) is 19.4 Å². The van der Waals surface area contributed by atoms with E-state index in [1.54, 1.807) is 18.4 Å². The van der Waals surface area contributed by atoms with Gasteiger partial charge in [-0.15, -0.1) is 11.3 Å². The second-order valence-electron chi connectivity index (χ2n) is 2.86. The summed E-state index contributed by atoms with van der Waals surface area (Å²) in [7, 11) is 1.70. The van der Waals surface area contributed by atoms with Crippen LogP contribution in [0.2, 0.25) is 0 Å². The summed E-state index contributed by atoms with van der Waals surface area (Å²) in [6.45, 7) is 2.83. The molecule has 0 saturated carbocycles. The van der Waals surface area contributed by atoms with Crippen LogP contribution in [0.15, 0.2) is 11.4 Å². The highest BCUT2D eigenvalue weighted by atomic mass is 32.1. The summed E-state index contributed by atoms with van der Waals surface area (Å²) < 4.78 is 4.98. The monoisotopic (exact) mass is 185 g/mol. The molecule has 0 aliphatic carbocycles. The molecule has 0 spiro atoms. The van der Waals surface area contributed by atoms with Gasteiger partial charge >= 0.3 is 0 Å². The third kappa shape index (κ3) is 2.30. The molecule has 0 radical (unpaired) electrons. The number of hydrogen-bond donors (Lipinski definition) is 1. The van der Waals surface area contributed by atoms with E-state index >= 15 is 0 Å². The largest absolute Gasteiger partial charge is 0.385 e. The first-order valence-corrected chi connectivity index (χ1v) is 4.92. The van der Waals surface area contributed by atoms with E-state index in [2.05, 4.69) is 18.4 Å². The number of rotatable bonds is 4. The van der Waals surface area contributed by atoms with Crippen LogP contribution in [0.3, 0.4) is 0 Å². The molecule has 0 fully saturated rings. The van der Waals surface area contributed by atoms with Crippen molar-refractivity contribution in [3.8, 4) is 0 Å². The Hall–Kier alpha value is -0.380. The minimum absolute atomic E-state index is 0.143. The van der Waals surface area contributed by atoms with E-state index in [1.807, 2.05) is 0 Å². The lowest BCUT2D eigenvalue weighted by atomic mass is 10.1. The fourth-order valence-electron chi connectivity index (χ4n) is 1.14. The minimum atomic E-state index is 0.143. The summed E-state index contributed by atoms with van der Waals surface area (Å²) in [5, 5.41) is 2.08. The molecule has 1 aromatic heterocycles. The molecular formula is C9H15NOS. The van der Waals surface area contributed by atoms with Gasteiger partial charge in [0.1, 0.15) is 0 Å². The van der Waals surface area contributed by atoms with Gasteiger partial charge in [0.05, 0.1) is 0 Å². The first-order valence-electron chi connectivity index (χ1n) is 4.04. The minimum Gasteiger partial charge on any atom is -0.385 e. The second kappa shape index (κ2) is 4.60. The number of hydrogen-bond acceptors (Lipinski definition) is 3. The molecule has 0 aliphatic heterocycles. The molecule has 0 aliphatic rings. The summed E-state index contributed by atoms with van der Waals surface area (Å²) in [5.41, 5.74) is 7.25. The number of aryl methyl sites for hydroxylation is 1. The smallest absolute Gasteiger partial charge is 0.0480 e. The summed E-state index contributed by atoms with van der Waals surface area (Å²) >= 11 is 1.73. The SMILES string of the molecule is COCCC(N)c1sccc1C. The zero-order valence-electron chi connectivity index (χ0n) is 7.54. The van der Waals surface area contributed by atoms with Crippen molar-refractivity contribution >= 4 is 11.3 Å². The van der Waals surface area contributed by atoms with Crippen LogP contribution in [-0.2, 0) is 4.74 Å². The van der Waals surface area contributed by atoms with Gasteiger partial charge in [0.25, 0.3) is 0 Å². The van der Waals surface area contributed by atoms with Crippen LogP contribution in [0.5, 0.6) is 0 Å². The predicted molar refractivity (Wildman–Crippen MR) is 52.5 cm³/mol. The molecule has 12 heavy (non-hydrogen) atoms. The first-order chi connectivity index (χ1) is 5.75. The van der Waals surface area contributed by atoms with Crippen molar-refractivity contribution in [2.24, 2.45) is 5.73 Å². The van der Waals surface area contributed by atoms with Crippen LogP contribution in [0.4, 0.5) is 0 Å². The van der Waals surface area contributed by atoms with Gasteiger partial charge in [-0.25, -0.2) is 0 Å². The summed E-state index contributed by atoms with van der Waals surface area (Å²) in [5.74, 6) is 0. The molecule has 1 rings (SSSR count). The maximum absolute atomic E-state index is 5.96. The third-order valence-electron chi connectivity index (χ3n) is 1.87. The topological polar surface area (TPSA) is 35.2 Å². The Morgan fingerprint density at radius 3 is 2.92 bits per heavy atom. The Bertz CT molecular complexity index is 234. The van der Waals surface area contributed by atoms with Crippen molar-refractivity contribution in [2.75, 3.05) is 13.7 Å². The molecule has 1 unspecified atom stereocenters. The second-order valence-corrected chi connectivity index (χ2v) is 3.80. The summed E-state index contributed by atoms with van der Waals surface area (Å²) in [6, 6.07) is 2.25. The predicted octanol–water partition coefficient (Wildman–Crippen LogP) is 2.09. The van der Waals surface area contributed by atoms with Gasteiger partial charge in [-0.1, -0.05) is 0 Å². The van der Waals surface area contributed by atoms with Crippen LogP contribution < -0.4 is 5.73 Å². The molecule has 1 atom stereocenters. The van der Waals surface area contributed by atoms with Gasteiger partial charge in [-0.3, -0.25) is 0 Å². The molecule has 0 amide bonds. The zero-order valence-corrected chi connectivity index (χ0v) is 8.36. The number of nitrogens with two attached hydrogens (primary N) is 1. The van der Waals surface area contributed by atoms with E-state index in [0.29, 0.717) is 0 Å². The van der Waals surface area contributed by atoms with E-state index in [0.717, 1.165) is 13.0 Å². The maximum atomic E-state index is 5.96. The van der Waals surface area contributed by atoms with Gasteiger partial charge in [-0.2, -0.15) is 0 Å². The van der Waals surface area contributed by atoms with Crippen LogP contribution in [-0.4, -0.2) is 13.7 Å². The molecule has 0 saturated heterocycles. The fraction of sp³-hybridized carbons (Fsp3) is 0.556. The van der Waals surface area contributed by atoms with Gasteiger partial charge in [-0.05, 0) is 30.4 Å². The lowest BCUT2D eigenvalue weighted by Crippen LogP contribution is -2.11. The Kier molecular flexibility index (Phi) is 3.72. The highest BCUT2D eigenvalue weighted by Gasteiger charge is 2.09. The Morgan fingerprint density at radius 1 is 1.67 bits per heavy atom. The molecule has 0 bridgehead atoms. The van der Waals surface area contributed by atoms with Crippen LogP contribution >= 0.6 is 11.3 Å². The van der Waals surface area contributed by atoms with E-state index in [1.165, 1.54) is 10.4 Å². The van der Waals surface area contributed by atoms with Crippen molar-refractivity contribution in [1.29, 1.82) is 0 Å². The molecule has 2 N–H and O–H groups in total. The van der Waals surface area contributed by atoms with Crippen LogP contribution in [0, 0.1) is 6.92 Å². The normalized spacial score (nSPS) is 13.2.